The molecule has 0 atom stereocenters. The molecule has 5 heteroatoms. The molecule has 2 N–H and O–H groups in total. The molecule has 0 fully saturated rings. The van der Waals surface area contributed by atoms with Crippen LogP contribution >= 0.6 is 0 Å². The minimum atomic E-state index is 0.505. The van der Waals surface area contributed by atoms with E-state index in [-0.39, 0.29) is 0 Å². The smallest absolute Gasteiger partial charge is 0.132 e. The predicted octanol–water partition coefficient (Wildman–Crippen LogP) is 3.11. The van der Waals surface area contributed by atoms with Crippen molar-refractivity contribution >= 4 is 5.82 Å². The minimum Gasteiger partial charge on any atom is -0.497 e. The third kappa shape index (κ3) is 2.96. The number of rotatable bonds is 5. The van der Waals surface area contributed by atoms with Gasteiger partial charge >= 0.3 is 0 Å². The van der Waals surface area contributed by atoms with Gasteiger partial charge in [-0.3, -0.25) is 0 Å². The highest BCUT2D eigenvalue weighted by atomic mass is 16.5. The molecule has 21 heavy (non-hydrogen) atoms. The van der Waals surface area contributed by atoms with Gasteiger partial charge < -0.3 is 19.8 Å². The fraction of sp³-hybridized carbons (Fsp3) is 0.438. The first-order valence-electron chi connectivity index (χ1n) is 7.03. The lowest BCUT2D eigenvalue weighted by molar-refractivity contribution is 0.395. The summed E-state index contributed by atoms with van der Waals surface area (Å²) in [5.41, 5.74) is 7.93. The number of anilines is 1. The van der Waals surface area contributed by atoms with E-state index >= 15 is 0 Å². The van der Waals surface area contributed by atoms with Crippen LogP contribution in [-0.4, -0.2) is 23.8 Å². The first-order valence-corrected chi connectivity index (χ1v) is 7.03. The minimum absolute atomic E-state index is 0.505. The topological polar surface area (TPSA) is 62.3 Å². The third-order valence-corrected chi connectivity index (χ3v) is 3.41. The molecule has 2 aromatic rings. The average molecular weight is 289 g/mol. The number of aromatic nitrogens is 2. The second-order valence-electron chi connectivity index (χ2n) is 5.46. The van der Waals surface area contributed by atoms with E-state index in [1.54, 1.807) is 14.2 Å². The molecule has 1 aromatic carbocycles. The van der Waals surface area contributed by atoms with Crippen LogP contribution in [0.5, 0.6) is 11.5 Å². The standard InChI is InChI=1S/C16H23N3O2/c1-10(2)9-19-11(3)18-15(16(19)17)13-7-6-12(20-4)8-14(13)21-5/h6-8,10H,9,17H2,1-5H3. The fourth-order valence-corrected chi connectivity index (χ4v) is 2.37. The molecular weight excluding hydrogens is 266 g/mol. The van der Waals surface area contributed by atoms with Crippen molar-refractivity contribution in [3.8, 4) is 22.8 Å². The van der Waals surface area contributed by atoms with E-state index in [9.17, 15) is 0 Å². The predicted molar refractivity (Wildman–Crippen MR) is 84.8 cm³/mol. The molecule has 0 aliphatic heterocycles. The van der Waals surface area contributed by atoms with Crippen LogP contribution < -0.4 is 15.2 Å². The Labute approximate surface area is 125 Å². The molecule has 0 bridgehead atoms. The zero-order valence-corrected chi connectivity index (χ0v) is 13.3. The Balaban J connectivity index is 2.52. The van der Waals surface area contributed by atoms with E-state index in [2.05, 4.69) is 18.8 Å². The summed E-state index contributed by atoms with van der Waals surface area (Å²) in [4.78, 5) is 4.61. The highest BCUT2D eigenvalue weighted by molar-refractivity contribution is 5.76. The molecule has 0 aliphatic rings. The number of hydrogen-bond acceptors (Lipinski definition) is 4. The Bertz CT molecular complexity index is 633. The van der Waals surface area contributed by atoms with Crippen molar-refractivity contribution in [1.82, 2.24) is 9.55 Å². The molecule has 0 saturated heterocycles. The van der Waals surface area contributed by atoms with E-state index in [4.69, 9.17) is 15.2 Å². The van der Waals surface area contributed by atoms with E-state index in [1.165, 1.54) is 0 Å². The van der Waals surface area contributed by atoms with E-state index in [0.29, 0.717) is 17.5 Å². The van der Waals surface area contributed by atoms with Crippen LogP contribution in [0.25, 0.3) is 11.3 Å². The van der Waals surface area contributed by atoms with Gasteiger partial charge in [-0.05, 0) is 25.0 Å². The van der Waals surface area contributed by atoms with Crippen LogP contribution in [0.2, 0.25) is 0 Å². The van der Waals surface area contributed by atoms with Gasteiger partial charge in [0.1, 0.15) is 28.8 Å². The van der Waals surface area contributed by atoms with Gasteiger partial charge in [0.2, 0.25) is 0 Å². The van der Waals surface area contributed by atoms with Crippen molar-refractivity contribution in [3.63, 3.8) is 0 Å². The molecule has 0 radical (unpaired) electrons. The Morgan fingerprint density at radius 1 is 1.24 bits per heavy atom. The molecule has 0 spiro atoms. The number of methoxy groups -OCH3 is 2. The SMILES string of the molecule is COc1ccc(-c2nc(C)n(CC(C)C)c2N)c(OC)c1. The largest absolute Gasteiger partial charge is 0.497 e. The van der Waals surface area contributed by atoms with Crippen molar-refractivity contribution in [3.05, 3.63) is 24.0 Å². The average Bonchev–Trinajstić information content (AvgIpc) is 2.74. The monoisotopic (exact) mass is 289 g/mol. The van der Waals surface area contributed by atoms with Crippen LogP contribution in [0.4, 0.5) is 5.82 Å². The number of aryl methyl sites for hydroxylation is 1. The first-order chi connectivity index (χ1) is 9.97. The lowest BCUT2D eigenvalue weighted by atomic mass is 10.1. The highest BCUT2D eigenvalue weighted by Crippen LogP contribution is 2.36. The van der Waals surface area contributed by atoms with Gasteiger partial charge in [0, 0.05) is 18.2 Å². The molecule has 0 aliphatic carbocycles. The Morgan fingerprint density at radius 3 is 2.52 bits per heavy atom. The van der Waals surface area contributed by atoms with Gasteiger partial charge in [-0.2, -0.15) is 0 Å². The Hall–Kier alpha value is -2.17. The molecule has 1 heterocycles. The number of nitrogens with two attached hydrogens (primary N) is 1. The number of nitrogen functional groups attached to an aromatic ring is 1. The molecular formula is C16H23N3O2. The summed E-state index contributed by atoms with van der Waals surface area (Å²) in [7, 11) is 3.26. The van der Waals surface area contributed by atoms with E-state index in [0.717, 1.165) is 29.4 Å². The fourth-order valence-electron chi connectivity index (χ4n) is 2.37. The quantitative estimate of drug-likeness (QED) is 0.918. The maximum atomic E-state index is 6.29. The maximum absolute atomic E-state index is 6.29. The number of benzene rings is 1. The van der Waals surface area contributed by atoms with Gasteiger partial charge in [0.05, 0.1) is 14.2 Å². The van der Waals surface area contributed by atoms with Crippen LogP contribution in [0.15, 0.2) is 18.2 Å². The lowest BCUT2D eigenvalue weighted by Crippen LogP contribution is -2.09. The van der Waals surface area contributed by atoms with Crippen LogP contribution in [0, 0.1) is 12.8 Å². The van der Waals surface area contributed by atoms with Gasteiger partial charge in [-0.25, -0.2) is 4.98 Å². The summed E-state index contributed by atoms with van der Waals surface area (Å²) in [5.74, 6) is 3.53. The second-order valence-corrected chi connectivity index (χ2v) is 5.46. The highest BCUT2D eigenvalue weighted by Gasteiger charge is 2.18. The van der Waals surface area contributed by atoms with Gasteiger partial charge in [-0.15, -0.1) is 0 Å². The van der Waals surface area contributed by atoms with Crippen molar-refractivity contribution < 1.29 is 9.47 Å². The van der Waals surface area contributed by atoms with Crippen molar-refractivity contribution in [2.24, 2.45) is 5.92 Å². The normalized spacial score (nSPS) is 11.0. The Morgan fingerprint density at radius 2 is 1.95 bits per heavy atom. The van der Waals surface area contributed by atoms with Crippen LogP contribution in [0.3, 0.4) is 0 Å². The maximum Gasteiger partial charge on any atom is 0.132 e. The van der Waals surface area contributed by atoms with Crippen LogP contribution in [-0.2, 0) is 6.54 Å². The van der Waals surface area contributed by atoms with E-state index in [1.807, 2.05) is 29.7 Å². The van der Waals surface area contributed by atoms with Crippen LogP contribution in [0.1, 0.15) is 19.7 Å². The zero-order valence-electron chi connectivity index (χ0n) is 13.3. The number of nitrogens with zero attached hydrogens (tertiary/aromatic N) is 2. The molecule has 114 valence electrons. The summed E-state index contributed by atoms with van der Waals surface area (Å²) in [6, 6.07) is 5.65. The number of hydrogen-bond donors (Lipinski definition) is 1. The third-order valence-electron chi connectivity index (χ3n) is 3.41. The summed E-state index contributed by atoms with van der Waals surface area (Å²) in [6.07, 6.45) is 0. The molecule has 0 unspecified atom stereocenters. The van der Waals surface area contributed by atoms with E-state index < -0.39 is 0 Å². The van der Waals surface area contributed by atoms with Gasteiger partial charge in [0.25, 0.3) is 0 Å². The summed E-state index contributed by atoms with van der Waals surface area (Å²) < 4.78 is 12.7. The summed E-state index contributed by atoms with van der Waals surface area (Å²) in [6.45, 7) is 7.14. The lowest BCUT2D eigenvalue weighted by Gasteiger charge is -2.11. The van der Waals surface area contributed by atoms with Gasteiger partial charge in [0.15, 0.2) is 0 Å². The number of imidazole rings is 1. The van der Waals surface area contributed by atoms with Crippen molar-refractivity contribution in [2.45, 2.75) is 27.3 Å². The summed E-state index contributed by atoms with van der Waals surface area (Å²) >= 11 is 0. The molecule has 2 rings (SSSR count). The number of ether oxygens (including phenoxy) is 2. The molecule has 5 nitrogen and oxygen atoms in total. The summed E-state index contributed by atoms with van der Waals surface area (Å²) in [5, 5.41) is 0. The van der Waals surface area contributed by atoms with Crippen molar-refractivity contribution in [2.75, 3.05) is 20.0 Å². The molecule has 1 aromatic heterocycles. The molecule has 0 amide bonds. The second kappa shape index (κ2) is 6.08. The molecule has 0 saturated carbocycles. The van der Waals surface area contributed by atoms with Gasteiger partial charge in [-0.1, -0.05) is 13.8 Å². The first kappa shape index (κ1) is 15.2. The van der Waals surface area contributed by atoms with Crippen molar-refractivity contribution in [1.29, 1.82) is 0 Å². The Kier molecular flexibility index (Phi) is 4.40. The zero-order chi connectivity index (χ0) is 15.6.